The highest BCUT2D eigenvalue weighted by Gasteiger charge is 2.11. The summed E-state index contributed by atoms with van der Waals surface area (Å²) in [5.74, 6) is 1.15. The summed E-state index contributed by atoms with van der Waals surface area (Å²) in [6, 6.07) is 6.56. The van der Waals surface area contributed by atoms with Gasteiger partial charge < -0.3 is 9.73 Å². The molecule has 2 rings (SSSR count). The zero-order valence-corrected chi connectivity index (χ0v) is 13.1. The maximum atomic E-state index is 12.0. The molecule has 1 atom stereocenters. The van der Waals surface area contributed by atoms with Crippen LogP contribution in [0.3, 0.4) is 0 Å². The molecule has 0 radical (unpaired) electrons. The Bertz CT molecular complexity index is 611. The predicted octanol–water partition coefficient (Wildman–Crippen LogP) is 2.89. The van der Waals surface area contributed by atoms with Gasteiger partial charge in [-0.2, -0.15) is 0 Å². The van der Waals surface area contributed by atoms with E-state index in [1.165, 1.54) is 16.7 Å². The Labute approximate surface area is 125 Å². The van der Waals surface area contributed by atoms with Crippen molar-refractivity contribution < 1.29 is 9.21 Å². The highest BCUT2D eigenvalue weighted by atomic mass is 16.4. The second kappa shape index (κ2) is 6.57. The van der Waals surface area contributed by atoms with Crippen LogP contribution in [0.1, 0.15) is 35.3 Å². The lowest BCUT2D eigenvalue weighted by molar-refractivity contribution is -0.121. The topological polar surface area (TPSA) is 55.1 Å². The maximum Gasteiger partial charge on any atom is 0.227 e. The fraction of sp³-hybridized carbons (Fsp3) is 0.412. The van der Waals surface area contributed by atoms with Crippen molar-refractivity contribution in [3.63, 3.8) is 0 Å². The first-order chi connectivity index (χ1) is 9.92. The molecular weight excluding hydrogens is 264 g/mol. The van der Waals surface area contributed by atoms with Crippen LogP contribution in [0, 0.1) is 20.8 Å². The molecule has 1 unspecified atom stereocenters. The molecule has 0 aliphatic heterocycles. The molecule has 1 heterocycles. The number of oxazole rings is 1. The number of aryl methyl sites for hydroxylation is 3. The van der Waals surface area contributed by atoms with E-state index in [0.29, 0.717) is 11.7 Å². The van der Waals surface area contributed by atoms with Gasteiger partial charge in [0, 0.05) is 13.0 Å². The summed E-state index contributed by atoms with van der Waals surface area (Å²) in [6.45, 7) is 7.96. The third-order valence-corrected chi connectivity index (χ3v) is 3.23. The van der Waals surface area contributed by atoms with Gasteiger partial charge >= 0.3 is 0 Å². The van der Waals surface area contributed by atoms with E-state index in [2.05, 4.69) is 42.3 Å². The molecule has 2 aromatic rings. The highest BCUT2D eigenvalue weighted by molar-refractivity contribution is 5.78. The summed E-state index contributed by atoms with van der Waals surface area (Å²) < 4.78 is 5.31. The molecule has 1 amide bonds. The number of nitrogens with zero attached hydrogens (tertiary/aromatic N) is 1. The monoisotopic (exact) mass is 286 g/mol. The first-order valence-electron chi connectivity index (χ1n) is 7.20. The van der Waals surface area contributed by atoms with Crippen molar-refractivity contribution in [2.45, 2.75) is 46.6 Å². The second-order valence-electron chi connectivity index (χ2n) is 5.69. The SMILES string of the molecule is Cc1cc(C)cc(CC(C)NC(=O)Cc2cnc(C)o2)c1. The van der Waals surface area contributed by atoms with Gasteiger partial charge in [0.15, 0.2) is 5.89 Å². The Morgan fingerprint density at radius 1 is 1.24 bits per heavy atom. The van der Waals surface area contributed by atoms with Gasteiger partial charge in [0.25, 0.3) is 0 Å². The van der Waals surface area contributed by atoms with Gasteiger partial charge in [0.2, 0.25) is 5.91 Å². The quantitative estimate of drug-likeness (QED) is 0.919. The van der Waals surface area contributed by atoms with E-state index in [9.17, 15) is 4.79 Å². The molecule has 0 spiro atoms. The molecule has 1 aromatic heterocycles. The molecule has 0 saturated carbocycles. The van der Waals surface area contributed by atoms with Crippen molar-refractivity contribution in [3.8, 4) is 0 Å². The van der Waals surface area contributed by atoms with E-state index in [4.69, 9.17) is 4.42 Å². The van der Waals surface area contributed by atoms with Gasteiger partial charge in [-0.1, -0.05) is 29.3 Å². The molecule has 0 fully saturated rings. The Kier molecular flexibility index (Phi) is 4.78. The molecule has 21 heavy (non-hydrogen) atoms. The molecule has 0 saturated heterocycles. The predicted molar refractivity (Wildman–Crippen MR) is 82.2 cm³/mol. The molecule has 0 aliphatic rings. The minimum Gasteiger partial charge on any atom is -0.446 e. The van der Waals surface area contributed by atoms with Crippen molar-refractivity contribution in [1.29, 1.82) is 0 Å². The van der Waals surface area contributed by atoms with Crippen LogP contribution < -0.4 is 5.32 Å². The number of aromatic nitrogens is 1. The summed E-state index contributed by atoms with van der Waals surface area (Å²) in [4.78, 5) is 15.9. The second-order valence-corrected chi connectivity index (χ2v) is 5.69. The minimum atomic E-state index is -0.0389. The van der Waals surface area contributed by atoms with E-state index in [1.807, 2.05) is 6.92 Å². The first-order valence-corrected chi connectivity index (χ1v) is 7.20. The Hall–Kier alpha value is -2.10. The lowest BCUT2D eigenvalue weighted by Gasteiger charge is -2.14. The smallest absolute Gasteiger partial charge is 0.227 e. The van der Waals surface area contributed by atoms with Crippen LogP contribution >= 0.6 is 0 Å². The van der Waals surface area contributed by atoms with Gasteiger partial charge in [-0.05, 0) is 32.8 Å². The lowest BCUT2D eigenvalue weighted by Crippen LogP contribution is -2.35. The van der Waals surface area contributed by atoms with Crippen LogP contribution in [0.2, 0.25) is 0 Å². The van der Waals surface area contributed by atoms with Crippen molar-refractivity contribution in [3.05, 3.63) is 52.7 Å². The molecule has 1 aromatic carbocycles. The molecule has 1 N–H and O–H groups in total. The van der Waals surface area contributed by atoms with Crippen LogP contribution in [-0.4, -0.2) is 16.9 Å². The Balaban J connectivity index is 1.88. The van der Waals surface area contributed by atoms with E-state index >= 15 is 0 Å². The molecule has 4 nitrogen and oxygen atoms in total. The van der Waals surface area contributed by atoms with Crippen LogP contribution in [-0.2, 0) is 17.6 Å². The number of carbonyl (C=O) groups excluding carboxylic acids is 1. The number of nitrogens with one attached hydrogen (secondary N) is 1. The van der Waals surface area contributed by atoms with Gasteiger partial charge in [-0.15, -0.1) is 0 Å². The number of carbonyl (C=O) groups is 1. The van der Waals surface area contributed by atoms with Crippen LogP contribution in [0.5, 0.6) is 0 Å². The summed E-state index contributed by atoms with van der Waals surface area (Å²) in [5.41, 5.74) is 3.75. The third kappa shape index (κ3) is 4.74. The fourth-order valence-corrected chi connectivity index (χ4v) is 2.56. The number of hydrogen-bond donors (Lipinski definition) is 1. The Morgan fingerprint density at radius 2 is 1.90 bits per heavy atom. The average Bonchev–Trinajstić information content (AvgIpc) is 2.72. The normalized spacial score (nSPS) is 12.2. The number of hydrogen-bond acceptors (Lipinski definition) is 3. The van der Waals surface area contributed by atoms with Gasteiger partial charge in [-0.25, -0.2) is 4.98 Å². The summed E-state index contributed by atoms with van der Waals surface area (Å²) in [6.07, 6.45) is 2.66. The van der Waals surface area contributed by atoms with E-state index < -0.39 is 0 Å². The summed E-state index contributed by atoms with van der Waals surface area (Å²) in [5, 5.41) is 3.00. The van der Waals surface area contributed by atoms with Gasteiger partial charge in [0.05, 0.1) is 12.6 Å². The van der Waals surface area contributed by atoms with Crippen molar-refractivity contribution in [1.82, 2.24) is 10.3 Å². The molecule has 0 aliphatic carbocycles. The van der Waals surface area contributed by atoms with Crippen LogP contribution in [0.15, 0.2) is 28.8 Å². The molecule has 4 heteroatoms. The summed E-state index contributed by atoms with van der Waals surface area (Å²) in [7, 11) is 0. The zero-order valence-electron chi connectivity index (χ0n) is 13.1. The maximum absolute atomic E-state index is 12.0. The van der Waals surface area contributed by atoms with E-state index in [0.717, 1.165) is 6.42 Å². The number of benzene rings is 1. The largest absolute Gasteiger partial charge is 0.446 e. The lowest BCUT2D eigenvalue weighted by atomic mass is 10.0. The average molecular weight is 286 g/mol. The van der Waals surface area contributed by atoms with Crippen molar-refractivity contribution in [2.75, 3.05) is 0 Å². The molecular formula is C17H22N2O2. The number of amides is 1. The fourth-order valence-electron chi connectivity index (χ4n) is 2.56. The van der Waals surface area contributed by atoms with Crippen molar-refractivity contribution in [2.24, 2.45) is 0 Å². The van der Waals surface area contributed by atoms with Crippen LogP contribution in [0.4, 0.5) is 0 Å². The van der Waals surface area contributed by atoms with Gasteiger partial charge in [-0.3, -0.25) is 4.79 Å². The first kappa shape index (κ1) is 15.3. The van der Waals surface area contributed by atoms with Crippen LogP contribution in [0.25, 0.3) is 0 Å². The standard InChI is InChI=1S/C17H22N2O2/c1-11-5-12(2)7-15(6-11)8-13(3)19-17(20)9-16-10-18-14(4)21-16/h5-7,10,13H,8-9H2,1-4H3,(H,19,20). The van der Waals surface area contributed by atoms with E-state index in [1.54, 1.807) is 13.1 Å². The third-order valence-electron chi connectivity index (χ3n) is 3.23. The van der Waals surface area contributed by atoms with Crippen molar-refractivity contribution >= 4 is 5.91 Å². The zero-order chi connectivity index (χ0) is 15.4. The summed E-state index contributed by atoms with van der Waals surface area (Å²) >= 11 is 0. The molecule has 112 valence electrons. The number of rotatable bonds is 5. The Morgan fingerprint density at radius 3 is 2.48 bits per heavy atom. The minimum absolute atomic E-state index is 0.0389. The van der Waals surface area contributed by atoms with E-state index in [-0.39, 0.29) is 18.4 Å². The van der Waals surface area contributed by atoms with Gasteiger partial charge in [0.1, 0.15) is 5.76 Å². The molecule has 0 bridgehead atoms. The highest BCUT2D eigenvalue weighted by Crippen LogP contribution is 2.11.